The van der Waals surface area contributed by atoms with E-state index in [2.05, 4.69) is 32.4 Å². The van der Waals surface area contributed by atoms with Gasteiger partial charge in [-0.2, -0.15) is 5.10 Å². The summed E-state index contributed by atoms with van der Waals surface area (Å²) < 4.78 is 1.73. The number of benzene rings is 1. The van der Waals surface area contributed by atoms with Crippen molar-refractivity contribution < 1.29 is 4.79 Å². The van der Waals surface area contributed by atoms with Crippen molar-refractivity contribution in [3.05, 3.63) is 65.6 Å². The van der Waals surface area contributed by atoms with Gasteiger partial charge in [0.25, 0.3) is 5.91 Å². The van der Waals surface area contributed by atoms with Crippen molar-refractivity contribution in [3.8, 4) is 5.82 Å². The minimum Gasteiger partial charge on any atom is -0.372 e. The Bertz CT molecular complexity index is 974. The molecule has 6 nitrogen and oxygen atoms in total. The van der Waals surface area contributed by atoms with E-state index < -0.39 is 0 Å². The third-order valence-corrected chi connectivity index (χ3v) is 5.24. The molecule has 0 atom stereocenters. The first kappa shape index (κ1) is 18.2. The molecule has 1 amide bonds. The first-order valence-electron chi connectivity index (χ1n) is 9.82. The van der Waals surface area contributed by atoms with Gasteiger partial charge >= 0.3 is 0 Å². The second-order valence-corrected chi connectivity index (χ2v) is 7.11. The Balaban J connectivity index is 1.56. The zero-order valence-corrected chi connectivity index (χ0v) is 16.4. The van der Waals surface area contributed by atoms with Gasteiger partial charge in [-0.05, 0) is 62.1 Å². The van der Waals surface area contributed by atoms with E-state index in [9.17, 15) is 4.79 Å². The van der Waals surface area contributed by atoms with E-state index in [1.807, 2.05) is 38.1 Å². The molecule has 0 unspecified atom stereocenters. The molecule has 3 heterocycles. The normalized spacial score (nSPS) is 13.7. The van der Waals surface area contributed by atoms with Crippen LogP contribution in [0.25, 0.3) is 5.82 Å². The number of anilines is 2. The summed E-state index contributed by atoms with van der Waals surface area (Å²) in [7, 11) is 0. The van der Waals surface area contributed by atoms with E-state index in [0.29, 0.717) is 17.8 Å². The molecule has 144 valence electrons. The fourth-order valence-electron chi connectivity index (χ4n) is 3.73. The summed E-state index contributed by atoms with van der Waals surface area (Å²) in [6, 6.07) is 11.9. The molecule has 1 saturated heterocycles. The number of nitrogens with one attached hydrogen (secondary N) is 1. The van der Waals surface area contributed by atoms with E-state index in [4.69, 9.17) is 0 Å². The largest absolute Gasteiger partial charge is 0.372 e. The summed E-state index contributed by atoms with van der Waals surface area (Å²) in [5, 5.41) is 7.45. The lowest BCUT2D eigenvalue weighted by molar-refractivity contribution is 0.102. The van der Waals surface area contributed by atoms with Crippen LogP contribution in [-0.4, -0.2) is 33.8 Å². The van der Waals surface area contributed by atoms with Crippen LogP contribution in [0.3, 0.4) is 0 Å². The average Bonchev–Trinajstić information content (AvgIpc) is 3.40. The highest BCUT2D eigenvalue weighted by molar-refractivity contribution is 6.05. The number of carbonyl (C=O) groups is 1. The van der Waals surface area contributed by atoms with Crippen molar-refractivity contribution in [1.82, 2.24) is 14.8 Å². The Labute approximate surface area is 165 Å². The number of nitrogens with zero attached hydrogens (tertiary/aromatic N) is 4. The summed E-state index contributed by atoms with van der Waals surface area (Å²) in [6.45, 7) is 6.27. The summed E-state index contributed by atoms with van der Waals surface area (Å²) >= 11 is 0. The highest BCUT2D eigenvalue weighted by Crippen LogP contribution is 2.26. The van der Waals surface area contributed by atoms with E-state index in [1.54, 1.807) is 17.1 Å². The molecule has 4 rings (SSSR count). The summed E-state index contributed by atoms with van der Waals surface area (Å²) in [4.78, 5) is 19.7. The Morgan fingerprint density at radius 1 is 1.18 bits per heavy atom. The van der Waals surface area contributed by atoms with Crippen LogP contribution in [0, 0.1) is 6.92 Å². The van der Waals surface area contributed by atoms with Crippen LogP contribution in [0.15, 0.2) is 48.8 Å². The van der Waals surface area contributed by atoms with Crippen LogP contribution in [0.5, 0.6) is 0 Å². The van der Waals surface area contributed by atoms with Gasteiger partial charge in [-0.25, -0.2) is 9.67 Å². The molecule has 0 aliphatic carbocycles. The molecule has 3 aromatic rings. The molecule has 0 spiro atoms. The molecule has 1 aliphatic heterocycles. The van der Waals surface area contributed by atoms with Crippen molar-refractivity contribution in [1.29, 1.82) is 0 Å². The summed E-state index contributed by atoms with van der Waals surface area (Å²) in [5.74, 6) is 0.570. The zero-order valence-electron chi connectivity index (χ0n) is 16.4. The number of pyridine rings is 1. The molecule has 1 aromatic carbocycles. The predicted octanol–water partition coefficient (Wildman–Crippen LogP) is 3.99. The van der Waals surface area contributed by atoms with Crippen LogP contribution >= 0.6 is 0 Å². The van der Waals surface area contributed by atoms with Gasteiger partial charge in [-0.1, -0.05) is 13.0 Å². The average molecular weight is 375 g/mol. The van der Waals surface area contributed by atoms with E-state index in [-0.39, 0.29) is 5.91 Å². The van der Waals surface area contributed by atoms with Crippen LogP contribution in [0.4, 0.5) is 11.4 Å². The number of hydrogen-bond donors (Lipinski definition) is 1. The minimum atomic E-state index is -0.143. The molecule has 28 heavy (non-hydrogen) atoms. The molecule has 0 radical (unpaired) electrons. The summed E-state index contributed by atoms with van der Waals surface area (Å²) in [6.07, 6.45) is 6.53. The Kier molecular flexibility index (Phi) is 5.10. The second-order valence-electron chi connectivity index (χ2n) is 7.11. The Hall–Kier alpha value is -3.15. The maximum absolute atomic E-state index is 12.9. The van der Waals surface area contributed by atoms with Gasteiger partial charge in [-0.3, -0.25) is 4.79 Å². The van der Waals surface area contributed by atoms with Crippen molar-refractivity contribution in [2.24, 2.45) is 0 Å². The lowest BCUT2D eigenvalue weighted by Gasteiger charge is -2.19. The number of amides is 1. The first-order valence-corrected chi connectivity index (χ1v) is 9.82. The van der Waals surface area contributed by atoms with E-state index in [0.717, 1.165) is 30.0 Å². The van der Waals surface area contributed by atoms with Gasteiger partial charge in [0.05, 0.1) is 17.5 Å². The standard InChI is InChI=1S/C22H25N5O/c1-3-20-18(15-24-27(20)21-8-4-5-11-23-21)22(28)25-19-10-9-17(14-16(19)2)26-12-6-7-13-26/h4-5,8-11,14-15H,3,6-7,12-13H2,1-2H3,(H,25,28). The smallest absolute Gasteiger partial charge is 0.259 e. The number of rotatable bonds is 5. The van der Waals surface area contributed by atoms with Gasteiger partial charge in [-0.15, -0.1) is 0 Å². The third-order valence-electron chi connectivity index (χ3n) is 5.24. The number of carbonyl (C=O) groups excluding carboxylic acids is 1. The van der Waals surface area contributed by atoms with Crippen LogP contribution in [0.2, 0.25) is 0 Å². The molecule has 1 aliphatic rings. The molecule has 1 fully saturated rings. The monoisotopic (exact) mass is 375 g/mol. The second kappa shape index (κ2) is 7.84. The lowest BCUT2D eigenvalue weighted by atomic mass is 10.1. The fraction of sp³-hybridized carbons (Fsp3) is 0.318. The predicted molar refractivity (Wildman–Crippen MR) is 111 cm³/mol. The van der Waals surface area contributed by atoms with Gasteiger partial charge in [0.15, 0.2) is 5.82 Å². The molecular formula is C22H25N5O. The maximum Gasteiger partial charge on any atom is 0.259 e. The van der Waals surface area contributed by atoms with Crippen molar-refractivity contribution in [2.75, 3.05) is 23.3 Å². The van der Waals surface area contributed by atoms with Crippen LogP contribution < -0.4 is 10.2 Å². The van der Waals surface area contributed by atoms with Gasteiger partial charge in [0.1, 0.15) is 0 Å². The van der Waals surface area contributed by atoms with Crippen LogP contribution in [0.1, 0.15) is 41.4 Å². The highest BCUT2D eigenvalue weighted by atomic mass is 16.1. The van der Waals surface area contributed by atoms with Gasteiger partial charge < -0.3 is 10.2 Å². The molecule has 6 heteroatoms. The molecule has 0 saturated carbocycles. The molecular weight excluding hydrogens is 350 g/mol. The molecule has 1 N–H and O–H groups in total. The van der Waals surface area contributed by atoms with Crippen molar-refractivity contribution in [3.63, 3.8) is 0 Å². The van der Waals surface area contributed by atoms with Crippen molar-refractivity contribution >= 4 is 17.3 Å². The number of aromatic nitrogens is 3. The maximum atomic E-state index is 12.9. The van der Waals surface area contributed by atoms with E-state index >= 15 is 0 Å². The van der Waals surface area contributed by atoms with Crippen molar-refractivity contribution in [2.45, 2.75) is 33.1 Å². The summed E-state index contributed by atoms with van der Waals surface area (Å²) in [5.41, 5.74) is 4.55. The minimum absolute atomic E-state index is 0.143. The Morgan fingerprint density at radius 3 is 2.68 bits per heavy atom. The Morgan fingerprint density at radius 2 is 2.00 bits per heavy atom. The lowest BCUT2D eigenvalue weighted by Crippen LogP contribution is -2.18. The van der Waals surface area contributed by atoms with E-state index in [1.165, 1.54) is 18.5 Å². The zero-order chi connectivity index (χ0) is 19.5. The molecule has 2 aromatic heterocycles. The topological polar surface area (TPSA) is 63.1 Å². The van der Waals surface area contributed by atoms with Gasteiger partial charge in [0, 0.05) is 30.7 Å². The van der Waals surface area contributed by atoms with Gasteiger partial charge in [0.2, 0.25) is 0 Å². The highest BCUT2D eigenvalue weighted by Gasteiger charge is 2.19. The third kappa shape index (κ3) is 3.50. The molecule has 0 bridgehead atoms. The van der Waals surface area contributed by atoms with Crippen LogP contribution in [-0.2, 0) is 6.42 Å². The number of hydrogen-bond acceptors (Lipinski definition) is 4. The first-order chi connectivity index (χ1) is 13.7. The fourth-order valence-corrected chi connectivity index (χ4v) is 3.73. The quantitative estimate of drug-likeness (QED) is 0.732. The SMILES string of the molecule is CCc1c(C(=O)Nc2ccc(N3CCCC3)cc2C)cnn1-c1ccccn1. The number of aryl methyl sites for hydroxylation is 1.